The summed E-state index contributed by atoms with van der Waals surface area (Å²) in [5.41, 5.74) is 3.74. The number of halogens is 1. The smallest absolute Gasteiger partial charge is 0.258 e. The second-order valence-electron chi connectivity index (χ2n) is 7.43. The maximum Gasteiger partial charge on any atom is 0.258 e. The number of carbonyl (C=O) groups is 2. The van der Waals surface area contributed by atoms with Gasteiger partial charge in [0.1, 0.15) is 5.82 Å². The van der Waals surface area contributed by atoms with Crippen molar-refractivity contribution in [3.8, 4) is 0 Å². The van der Waals surface area contributed by atoms with E-state index in [2.05, 4.69) is 0 Å². The van der Waals surface area contributed by atoms with Crippen molar-refractivity contribution in [3.63, 3.8) is 0 Å². The van der Waals surface area contributed by atoms with Gasteiger partial charge in [0, 0.05) is 31.6 Å². The lowest BCUT2D eigenvalue weighted by Crippen LogP contribution is -2.36. The minimum atomic E-state index is -0.331. The van der Waals surface area contributed by atoms with Gasteiger partial charge in [0.2, 0.25) is 5.91 Å². The van der Waals surface area contributed by atoms with Crippen LogP contribution in [0.1, 0.15) is 46.3 Å². The van der Waals surface area contributed by atoms with Crippen LogP contribution in [0, 0.1) is 12.7 Å². The number of amides is 2. The molecule has 4 rings (SSSR count). The van der Waals surface area contributed by atoms with Crippen LogP contribution in [-0.2, 0) is 17.8 Å². The zero-order valence-electron chi connectivity index (χ0n) is 15.5. The summed E-state index contributed by atoms with van der Waals surface area (Å²) in [6.45, 7) is 3.76. The van der Waals surface area contributed by atoms with E-state index in [1.807, 2.05) is 30.0 Å². The van der Waals surface area contributed by atoms with E-state index in [1.54, 1.807) is 17.0 Å². The van der Waals surface area contributed by atoms with Crippen molar-refractivity contribution in [3.05, 3.63) is 64.5 Å². The van der Waals surface area contributed by atoms with Crippen LogP contribution in [0.3, 0.4) is 0 Å². The standard InChI is InChI=1S/C22H23FN2O2/c1-15-12-18-4-2-11-25(21(18)19(23)13-15)22(27)17-8-6-16(7-9-17)14-24-10-3-5-20(24)26/h6-9,12-13H,2-5,10-11,14H2,1H3. The Morgan fingerprint density at radius 3 is 2.52 bits per heavy atom. The normalized spacial score (nSPS) is 16.6. The lowest BCUT2D eigenvalue weighted by Gasteiger charge is -2.30. The molecule has 0 aliphatic carbocycles. The minimum Gasteiger partial charge on any atom is -0.338 e. The number of carbonyl (C=O) groups excluding carboxylic acids is 2. The molecule has 2 heterocycles. The van der Waals surface area contributed by atoms with E-state index >= 15 is 0 Å². The molecule has 2 aliphatic rings. The second kappa shape index (κ2) is 7.14. The Morgan fingerprint density at radius 1 is 1.07 bits per heavy atom. The van der Waals surface area contributed by atoms with Gasteiger partial charge in [-0.3, -0.25) is 9.59 Å². The third-order valence-electron chi connectivity index (χ3n) is 5.38. The first-order valence-electron chi connectivity index (χ1n) is 9.50. The third kappa shape index (κ3) is 3.46. The van der Waals surface area contributed by atoms with Gasteiger partial charge < -0.3 is 9.80 Å². The molecule has 1 saturated heterocycles. The summed E-state index contributed by atoms with van der Waals surface area (Å²) >= 11 is 0. The Bertz CT molecular complexity index is 892. The molecule has 2 amide bonds. The molecule has 5 heteroatoms. The fourth-order valence-corrected chi connectivity index (χ4v) is 4.04. The average Bonchev–Trinajstić information content (AvgIpc) is 3.05. The number of rotatable bonds is 3. The van der Waals surface area contributed by atoms with Crippen LogP contribution >= 0.6 is 0 Å². The Labute approximate surface area is 158 Å². The Kier molecular flexibility index (Phi) is 4.68. The number of fused-ring (bicyclic) bond motifs is 1. The summed E-state index contributed by atoms with van der Waals surface area (Å²) in [5.74, 6) is -0.324. The van der Waals surface area contributed by atoms with Crippen LogP contribution in [0.5, 0.6) is 0 Å². The van der Waals surface area contributed by atoms with E-state index in [9.17, 15) is 14.0 Å². The van der Waals surface area contributed by atoms with E-state index in [0.29, 0.717) is 30.8 Å². The van der Waals surface area contributed by atoms with Crippen molar-refractivity contribution >= 4 is 17.5 Å². The van der Waals surface area contributed by atoms with Gasteiger partial charge >= 0.3 is 0 Å². The summed E-state index contributed by atoms with van der Waals surface area (Å²) in [5, 5.41) is 0. The predicted octanol–water partition coefficient (Wildman–Crippen LogP) is 3.85. The number of aryl methyl sites for hydroxylation is 2. The quantitative estimate of drug-likeness (QED) is 0.828. The van der Waals surface area contributed by atoms with Crippen LogP contribution in [0.2, 0.25) is 0 Å². The van der Waals surface area contributed by atoms with E-state index in [1.165, 1.54) is 6.07 Å². The Balaban J connectivity index is 1.55. The molecular formula is C22H23FN2O2. The molecule has 0 unspecified atom stereocenters. The van der Waals surface area contributed by atoms with Gasteiger partial charge in [0.25, 0.3) is 5.91 Å². The second-order valence-corrected chi connectivity index (χ2v) is 7.43. The molecule has 0 saturated carbocycles. The van der Waals surface area contributed by atoms with Crippen LogP contribution in [0.4, 0.5) is 10.1 Å². The first kappa shape index (κ1) is 17.7. The van der Waals surface area contributed by atoms with Gasteiger partial charge in [-0.25, -0.2) is 4.39 Å². The first-order chi connectivity index (χ1) is 13.0. The molecule has 1 fully saturated rings. The molecule has 140 valence electrons. The molecule has 0 bridgehead atoms. The highest BCUT2D eigenvalue weighted by atomic mass is 19.1. The number of nitrogens with zero attached hydrogens (tertiary/aromatic N) is 2. The molecule has 0 N–H and O–H groups in total. The van der Waals surface area contributed by atoms with Crippen LogP contribution < -0.4 is 4.90 Å². The van der Waals surface area contributed by atoms with Crippen molar-refractivity contribution in [1.82, 2.24) is 4.90 Å². The van der Waals surface area contributed by atoms with E-state index in [-0.39, 0.29) is 17.6 Å². The van der Waals surface area contributed by atoms with Gasteiger partial charge in [-0.2, -0.15) is 0 Å². The summed E-state index contributed by atoms with van der Waals surface area (Å²) in [7, 11) is 0. The SMILES string of the molecule is Cc1cc(F)c2c(c1)CCCN2C(=O)c1ccc(CN2CCCC2=O)cc1. The molecule has 2 aliphatic heterocycles. The van der Waals surface area contributed by atoms with E-state index in [0.717, 1.165) is 42.5 Å². The summed E-state index contributed by atoms with van der Waals surface area (Å²) in [6.07, 6.45) is 3.15. The fraction of sp³-hybridized carbons (Fsp3) is 0.364. The number of benzene rings is 2. The van der Waals surface area contributed by atoms with Crippen LogP contribution in [-0.4, -0.2) is 29.8 Å². The predicted molar refractivity (Wildman–Crippen MR) is 102 cm³/mol. The van der Waals surface area contributed by atoms with E-state index in [4.69, 9.17) is 0 Å². The number of anilines is 1. The van der Waals surface area contributed by atoms with E-state index < -0.39 is 0 Å². The highest BCUT2D eigenvalue weighted by Crippen LogP contribution is 2.32. The molecule has 0 atom stereocenters. The van der Waals surface area contributed by atoms with Crippen molar-refractivity contribution < 1.29 is 14.0 Å². The van der Waals surface area contributed by atoms with Gasteiger partial charge in [-0.15, -0.1) is 0 Å². The van der Waals surface area contributed by atoms with Crippen molar-refractivity contribution in [2.45, 2.75) is 39.2 Å². The highest BCUT2D eigenvalue weighted by Gasteiger charge is 2.27. The molecule has 0 spiro atoms. The number of hydrogen-bond donors (Lipinski definition) is 0. The number of likely N-dealkylation sites (tertiary alicyclic amines) is 1. The Hall–Kier alpha value is -2.69. The lowest BCUT2D eigenvalue weighted by molar-refractivity contribution is -0.128. The number of hydrogen-bond acceptors (Lipinski definition) is 2. The summed E-state index contributed by atoms with van der Waals surface area (Å²) < 4.78 is 14.6. The molecule has 27 heavy (non-hydrogen) atoms. The monoisotopic (exact) mass is 366 g/mol. The molecular weight excluding hydrogens is 343 g/mol. The third-order valence-corrected chi connectivity index (χ3v) is 5.38. The maximum absolute atomic E-state index is 14.6. The Morgan fingerprint density at radius 2 is 1.81 bits per heavy atom. The van der Waals surface area contributed by atoms with Gasteiger partial charge in [-0.1, -0.05) is 18.2 Å². The average molecular weight is 366 g/mol. The molecule has 0 radical (unpaired) electrons. The van der Waals surface area contributed by atoms with Crippen molar-refractivity contribution in [2.75, 3.05) is 18.0 Å². The molecule has 2 aromatic rings. The van der Waals surface area contributed by atoms with Gasteiger partial charge in [-0.05, 0) is 61.1 Å². The maximum atomic E-state index is 14.6. The molecule has 0 aromatic heterocycles. The summed E-state index contributed by atoms with van der Waals surface area (Å²) in [4.78, 5) is 28.2. The molecule has 2 aromatic carbocycles. The van der Waals surface area contributed by atoms with Crippen molar-refractivity contribution in [2.24, 2.45) is 0 Å². The zero-order valence-corrected chi connectivity index (χ0v) is 15.5. The fourth-order valence-electron chi connectivity index (χ4n) is 4.04. The van der Waals surface area contributed by atoms with Gasteiger partial charge in [0.15, 0.2) is 0 Å². The first-order valence-corrected chi connectivity index (χ1v) is 9.50. The lowest BCUT2D eigenvalue weighted by atomic mass is 9.98. The molecule has 4 nitrogen and oxygen atoms in total. The minimum absolute atomic E-state index is 0.178. The summed E-state index contributed by atoms with van der Waals surface area (Å²) in [6, 6.07) is 10.8. The van der Waals surface area contributed by atoms with Gasteiger partial charge in [0.05, 0.1) is 5.69 Å². The zero-order chi connectivity index (χ0) is 19.0. The van der Waals surface area contributed by atoms with Crippen molar-refractivity contribution in [1.29, 1.82) is 0 Å². The largest absolute Gasteiger partial charge is 0.338 e. The highest BCUT2D eigenvalue weighted by molar-refractivity contribution is 6.06. The van der Waals surface area contributed by atoms with Crippen LogP contribution in [0.25, 0.3) is 0 Å². The van der Waals surface area contributed by atoms with Crippen LogP contribution in [0.15, 0.2) is 36.4 Å². The topological polar surface area (TPSA) is 40.6 Å².